The van der Waals surface area contributed by atoms with Crippen molar-refractivity contribution in [3.63, 3.8) is 0 Å². The first-order valence-corrected chi connectivity index (χ1v) is 8.54. The SMILES string of the molecule is Cc1nc2sc(C(=O)c3ccc(Cl)c(Cl)c3)c(N)c2c(C)c1C. The van der Waals surface area contributed by atoms with Crippen LogP contribution in [0.4, 0.5) is 5.69 Å². The number of carbonyl (C=O) groups is 1. The molecule has 0 amide bonds. The number of anilines is 1. The van der Waals surface area contributed by atoms with Gasteiger partial charge in [0.1, 0.15) is 9.71 Å². The Morgan fingerprint density at radius 3 is 2.48 bits per heavy atom. The lowest BCUT2D eigenvalue weighted by molar-refractivity contribution is 0.104. The highest BCUT2D eigenvalue weighted by Gasteiger charge is 2.21. The van der Waals surface area contributed by atoms with E-state index in [0.717, 1.165) is 27.0 Å². The number of hydrogen-bond acceptors (Lipinski definition) is 4. The van der Waals surface area contributed by atoms with E-state index in [0.29, 0.717) is 26.2 Å². The zero-order valence-corrected chi connectivity index (χ0v) is 15.2. The number of fused-ring (bicyclic) bond motifs is 1. The van der Waals surface area contributed by atoms with Crippen LogP contribution in [0.5, 0.6) is 0 Å². The first-order chi connectivity index (χ1) is 10.8. The number of benzene rings is 1. The second kappa shape index (κ2) is 5.78. The molecule has 0 saturated carbocycles. The Balaban J connectivity index is 2.20. The van der Waals surface area contributed by atoms with E-state index in [1.807, 2.05) is 20.8 Å². The molecule has 0 aliphatic carbocycles. The van der Waals surface area contributed by atoms with Crippen LogP contribution in [0.2, 0.25) is 10.0 Å². The maximum Gasteiger partial charge on any atom is 0.205 e. The Bertz CT molecular complexity index is 963. The standard InChI is InChI=1S/C17H14Cl2N2OS/c1-7-8(2)13-14(20)16(23-17(13)21-9(7)3)15(22)10-4-5-11(18)12(19)6-10/h4-6H,20H2,1-3H3. The van der Waals surface area contributed by atoms with E-state index in [1.165, 1.54) is 11.3 Å². The number of nitrogen functional groups attached to an aromatic ring is 1. The molecule has 0 saturated heterocycles. The Morgan fingerprint density at radius 1 is 1.13 bits per heavy atom. The zero-order valence-electron chi connectivity index (χ0n) is 12.8. The predicted molar refractivity (Wildman–Crippen MR) is 98.1 cm³/mol. The van der Waals surface area contributed by atoms with Gasteiger partial charge in [0.15, 0.2) is 0 Å². The van der Waals surface area contributed by atoms with Gasteiger partial charge in [-0.1, -0.05) is 23.2 Å². The number of pyridine rings is 1. The molecule has 118 valence electrons. The molecule has 1 aromatic carbocycles. The first kappa shape index (κ1) is 16.2. The summed E-state index contributed by atoms with van der Waals surface area (Å²) in [6.07, 6.45) is 0. The molecule has 0 atom stereocenters. The van der Waals surface area contributed by atoms with Crippen LogP contribution in [0.1, 0.15) is 32.1 Å². The molecule has 0 fully saturated rings. The third-order valence-electron chi connectivity index (χ3n) is 4.06. The van der Waals surface area contributed by atoms with Crippen LogP contribution < -0.4 is 5.73 Å². The van der Waals surface area contributed by atoms with Crippen LogP contribution in [0.25, 0.3) is 10.2 Å². The molecule has 3 rings (SSSR count). The van der Waals surface area contributed by atoms with Crippen molar-refractivity contribution in [3.05, 3.63) is 55.5 Å². The Labute approximate surface area is 148 Å². The number of halogens is 2. The third-order valence-corrected chi connectivity index (χ3v) is 5.90. The lowest BCUT2D eigenvalue weighted by Gasteiger charge is -2.06. The highest BCUT2D eigenvalue weighted by atomic mass is 35.5. The largest absolute Gasteiger partial charge is 0.397 e. The fraction of sp³-hybridized carbons (Fsp3) is 0.176. The summed E-state index contributed by atoms with van der Waals surface area (Å²) in [7, 11) is 0. The average Bonchev–Trinajstić information content (AvgIpc) is 2.83. The van der Waals surface area contributed by atoms with Gasteiger partial charge >= 0.3 is 0 Å². The molecule has 0 unspecified atom stereocenters. The van der Waals surface area contributed by atoms with Gasteiger partial charge in [0.05, 0.1) is 15.7 Å². The molecule has 2 aromatic heterocycles. The van der Waals surface area contributed by atoms with E-state index in [1.54, 1.807) is 18.2 Å². The van der Waals surface area contributed by atoms with Crippen molar-refractivity contribution < 1.29 is 4.79 Å². The maximum atomic E-state index is 12.8. The van der Waals surface area contributed by atoms with E-state index in [2.05, 4.69) is 4.98 Å². The van der Waals surface area contributed by atoms with Crippen molar-refractivity contribution in [2.24, 2.45) is 0 Å². The predicted octanol–water partition coefficient (Wildman–Crippen LogP) is 5.34. The second-order valence-electron chi connectivity index (χ2n) is 5.43. The van der Waals surface area contributed by atoms with Crippen LogP contribution in [-0.4, -0.2) is 10.8 Å². The van der Waals surface area contributed by atoms with Crippen LogP contribution in [0, 0.1) is 20.8 Å². The quantitative estimate of drug-likeness (QED) is 0.624. The van der Waals surface area contributed by atoms with Crippen molar-refractivity contribution in [2.45, 2.75) is 20.8 Å². The van der Waals surface area contributed by atoms with Crippen molar-refractivity contribution in [1.29, 1.82) is 0 Å². The minimum absolute atomic E-state index is 0.168. The molecular formula is C17H14Cl2N2OS. The molecule has 0 spiro atoms. The monoisotopic (exact) mass is 364 g/mol. The van der Waals surface area contributed by atoms with Gasteiger partial charge in [0, 0.05) is 16.6 Å². The highest BCUT2D eigenvalue weighted by Crippen LogP contribution is 2.38. The van der Waals surface area contributed by atoms with Crippen LogP contribution in [-0.2, 0) is 0 Å². The minimum atomic E-state index is -0.168. The summed E-state index contributed by atoms with van der Waals surface area (Å²) in [4.78, 5) is 18.6. The highest BCUT2D eigenvalue weighted by molar-refractivity contribution is 7.21. The van der Waals surface area contributed by atoms with Gasteiger partial charge in [-0.2, -0.15) is 0 Å². The summed E-state index contributed by atoms with van der Waals surface area (Å²) in [5, 5.41) is 1.62. The molecule has 0 aliphatic heterocycles. The lowest BCUT2D eigenvalue weighted by Crippen LogP contribution is -2.02. The van der Waals surface area contributed by atoms with Gasteiger partial charge in [-0.15, -0.1) is 11.3 Å². The fourth-order valence-corrected chi connectivity index (χ4v) is 3.97. The van der Waals surface area contributed by atoms with Crippen LogP contribution in [0.3, 0.4) is 0 Å². The van der Waals surface area contributed by atoms with Gasteiger partial charge in [-0.25, -0.2) is 4.98 Å². The molecule has 2 heterocycles. The summed E-state index contributed by atoms with van der Waals surface area (Å²) in [6, 6.07) is 4.82. The van der Waals surface area contributed by atoms with E-state index >= 15 is 0 Å². The first-order valence-electron chi connectivity index (χ1n) is 6.96. The molecule has 0 radical (unpaired) electrons. The van der Waals surface area contributed by atoms with E-state index in [-0.39, 0.29) is 5.78 Å². The van der Waals surface area contributed by atoms with E-state index in [4.69, 9.17) is 28.9 Å². The summed E-state index contributed by atoms with van der Waals surface area (Å²) in [6.45, 7) is 5.97. The Hall–Kier alpha value is -1.62. The van der Waals surface area contributed by atoms with Crippen LogP contribution >= 0.6 is 34.5 Å². The normalized spacial score (nSPS) is 11.2. The summed E-state index contributed by atoms with van der Waals surface area (Å²) in [5.74, 6) is -0.168. The maximum absolute atomic E-state index is 12.8. The number of rotatable bonds is 2. The second-order valence-corrected chi connectivity index (χ2v) is 7.24. The van der Waals surface area contributed by atoms with Crippen molar-refractivity contribution in [1.82, 2.24) is 4.98 Å². The number of thiophene rings is 1. The molecule has 0 bridgehead atoms. The summed E-state index contributed by atoms with van der Waals surface area (Å²) < 4.78 is 0. The van der Waals surface area contributed by atoms with E-state index < -0.39 is 0 Å². The van der Waals surface area contributed by atoms with Gasteiger partial charge in [0.25, 0.3) is 0 Å². The minimum Gasteiger partial charge on any atom is -0.397 e. The van der Waals surface area contributed by atoms with E-state index in [9.17, 15) is 4.79 Å². The number of ketones is 1. The van der Waals surface area contributed by atoms with Gasteiger partial charge in [-0.3, -0.25) is 4.79 Å². The number of hydrogen-bond donors (Lipinski definition) is 1. The molecule has 6 heteroatoms. The molecular weight excluding hydrogens is 351 g/mol. The van der Waals surface area contributed by atoms with Crippen LogP contribution in [0.15, 0.2) is 18.2 Å². The topological polar surface area (TPSA) is 56.0 Å². The fourth-order valence-electron chi connectivity index (χ4n) is 2.50. The molecule has 3 aromatic rings. The van der Waals surface area contributed by atoms with Crippen molar-refractivity contribution in [2.75, 3.05) is 5.73 Å². The number of aryl methyl sites for hydroxylation is 2. The summed E-state index contributed by atoms with van der Waals surface area (Å²) in [5.41, 5.74) is 10.3. The van der Waals surface area contributed by atoms with Gasteiger partial charge in [-0.05, 0) is 50.1 Å². The molecule has 0 aliphatic rings. The number of carbonyl (C=O) groups excluding carboxylic acids is 1. The molecule has 23 heavy (non-hydrogen) atoms. The number of nitrogens with two attached hydrogens (primary N) is 1. The zero-order chi connectivity index (χ0) is 16.9. The Morgan fingerprint density at radius 2 is 1.83 bits per heavy atom. The third kappa shape index (κ3) is 2.61. The van der Waals surface area contributed by atoms with Crippen molar-refractivity contribution in [3.8, 4) is 0 Å². The molecule has 2 N–H and O–H groups in total. The molecule has 3 nitrogen and oxygen atoms in total. The van der Waals surface area contributed by atoms with Gasteiger partial charge in [0.2, 0.25) is 5.78 Å². The number of nitrogens with zero attached hydrogens (tertiary/aromatic N) is 1. The Kier molecular flexibility index (Phi) is 4.08. The van der Waals surface area contributed by atoms with Crippen molar-refractivity contribution >= 4 is 56.2 Å². The smallest absolute Gasteiger partial charge is 0.205 e. The lowest BCUT2D eigenvalue weighted by atomic mass is 10.0. The van der Waals surface area contributed by atoms with Gasteiger partial charge < -0.3 is 5.73 Å². The summed E-state index contributed by atoms with van der Waals surface area (Å²) >= 11 is 13.2. The average molecular weight is 365 g/mol. The number of aromatic nitrogens is 1.